The predicted molar refractivity (Wildman–Crippen MR) is 113 cm³/mol. The maximum absolute atomic E-state index is 12.8. The van der Waals surface area contributed by atoms with E-state index in [1.165, 1.54) is 21.9 Å². The second-order valence-electron chi connectivity index (χ2n) is 7.60. The van der Waals surface area contributed by atoms with Gasteiger partial charge in [0.1, 0.15) is 12.4 Å². The van der Waals surface area contributed by atoms with E-state index in [-0.39, 0.29) is 18.1 Å². The van der Waals surface area contributed by atoms with Crippen LogP contribution in [0.4, 0.5) is 5.82 Å². The third kappa shape index (κ3) is 3.41. The molecule has 0 bridgehead atoms. The first kappa shape index (κ1) is 18.4. The van der Waals surface area contributed by atoms with E-state index in [9.17, 15) is 9.59 Å². The van der Waals surface area contributed by atoms with Gasteiger partial charge in [-0.2, -0.15) is 5.10 Å². The van der Waals surface area contributed by atoms with E-state index in [1.54, 1.807) is 29.1 Å². The van der Waals surface area contributed by atoms with Crippen LogP contribution in [-0.2, 0) is 11.3 Å². The van der Waals surface area contributed by atoms with Crippen LogP contribution in [0.25, 0.3) is 11.3 Å². The number of nitrogens with one attached hydrogen (secondary N) is 1. The van der Waals surface area contributed by atoms with Crippen molar-refractivity contribution >= 4 is 17.4 Å². The largest absolute Gasteiger partial charge is 0.350 e. The van der Waals surface area contributed by atoms with Crippen LogP contribution >= 0.6 is 0 Å². The second-order valence-corrected chi connectivity index (χ2v) is 7.60. The fourth-order valence-electron chi connectivity index (χ4n) is 4.07. The van der Waals surface area contributed by atoms with Crippen molar-refractivity contribution in [1.82, 2.24) is 24.0 Å². The van der Waals surface area contributed by atoms with Gasteiger partial charge in [-0.25, -0.2) is 14.2 Å². The first-order chi connectivity index (χ1) is 14.7. The molecule has 1 saturated carbocycles. The van der Waals surface area contributed by atoms with Gasteiger partial charge in [0.2, 0.25) is 5.91 Å². The first-order valence-electron chi connectivity index (χ1n) is 10.2. The molecule has 1 aliphatic rings. The maximum atomic E-state index is 12.8. The molecule has 5 rings (SSSR count). The van der Waals surface area contributed by atoms with E-state index in [0.717, 1.165) is 24.2 Å². The van der Waals surface area contributed by atoms with Gasteiger partial charge >= 0.3 is 5.69 Å². The summed E-state index contributed by atoms with van der Waals surface area (Å²) in [7, 11) is 0. The Balaban J connectivity index is 1.43. The summed E-state index contributed by atoms with van der Waals surface area (Å²) in [5, 5.41) is 11.9. The number of anilines is 1. The number of nitrogens with zero attached hydrogens (tertiary/aromatic N) is 5. The molecule has 8 heteroatoms. The summed E-state index contributed by atoms with van der Waals surface area (Å²) in [6.07, 6.45) is 6.30. The maximum Gasteiger partial charge on any atom is 0.350 e. The average Bonchev–Trinajstić information content (AvgIpc) is 3.49. The van der Waals surface area contributed by atoms with E-state index in [4.69, 9.17) is 5.10 Å². The Labute approximate surface area is 172 Å². The van der Waals surface area contributed by atoms with Crippen LogP contribution in [0.5, 0.6) is 0 Å². The van der Waals surface area contributed by atoms with E-state index in [0.29, 0.717) is 17.4 Å². The van der Waals surface area contributed by atoms with Crippen molar-refractivity contribution in [2.24, 2.45) is 0 Å². The number of hydrogen-bond donors (Lipinski definition) is 1. The number of fused-ring (bicyclic) bond motifs is 1. The Morgan fingerprint density at radius 1 is 1.03 bits per heavy atom. The molecule has 1 fully saturated rings. The van der Waals surface area contributed by atoms with Crippen LogP contribution in [0.3, 0.4) is 0 Å². The molecule has 0 aliphatic heterocycles. The van der Waals surface area contributed by atoms with Crippen molar-refractivity contribution in [2.45, 2.75) is 38.1 Å². The molecule has 8 nitrogen and oxygen atoms in total. The molecule has 0 spiro atoms. The normalized spacial score (nSPS) is 14.4. The van der Waals surface area contributed by atoms with Crippen LogP contribution in [0.2, 0.25) is 0 Å². The van der Waals surface area contributed by atoms with Crippen LogP contribution in [0.15, 0.2) is 65.6 Å². The van der Waals surface area contributed by atoms with Crippen LogP contribution in [0.1, 0.15) is 37.3 Å². The number of rotatable bonds is 5. The molecule has 152 valence electrons. The molecule has 0 atom stereocenters. The monoisotopic (exact) mass is 402 g/mol. The highest BCUT2D eigenvalue weighted by molar-refractivity contribution is 5.90. The lowest BCUT2D eigenvalue weighted by Gasteiger charge is -2.08. The first-order valence-corrected chi connectivity index (χ1v) is 10.2. The molecule has 0 radical (unpaired) electrons. The van der Waals surface area contributed by atoms with Gasteiger partial charge in [-0.15, -0.1) is 5.10 Å². The topological polar surface area (TPSA) is 86.2 Å². The summed E-state index contributed by atoms with van der Waals surface area (Å²) < 4.78 is 4.35. The zero-order valence-corrected chi connectivity index (χ0v) is 16.4. The molecule has 30 heavy (non-hydrogen) atoms. The average molecular weight is 402 g/mol. The molecule has 3 aromatic heterocycles. The number of amides is 1. The quantitative estimate of drug-likeness (QED) is 0.556. The minimum absolute atomic E-state index is 0.167. The van der Waals surface area contributed by atoms with Gasteiger partial charge in [-0.05, 0) is 37.1 Å². The van der Waals surface area contributed by atoms with Crippen molar-refractivity contribution < 1.29 is 4.79 Å². The highest BCUT2D eigenvalue weighted by Gasteiger charge is 2.23. The molecule has 1 N–H and O–H groups in total. The van der Waals surface area contributed by atoms with Crippen molar-refractivity contribution in [2.75, 3.05) is 5.32 Å². The van der Waals surface area contributed by atoms with E-state index < -0.39 is 0 Å². The van der Waals surface area contributed by atoms with Gasteiger partial charge in [-0.3, -0.25) is 9.20 Å². The molecule has 4 aromatic rings. The van der Waals surface area contributed by atoms with Gasteiger partial charge in [0.05, 0.1) is 11.4 Å². The van der Waals surface area contributed by atoms with E-state index in [1.807, 2.05) is 36.4 Å². The summed E-state index contributed by atoms with van der Waals surface area (Å²) in [6, 6.07) is 17.0. The third-order valence-corrected chi connectivity index (χ3v) is 5.55. The molecular formula is C22H22N6O2. The van der Waals surface area contributed by atoms with Crippen molar-refractivity contribution in [1.29, 1.82) is 0 Å². The fourth-order valence-corrected chi connectivity index (χ4v) is 4.07. The van der Waals surface area contributed by atoms with Crippen molar-refractivity contribution in [3.05, 3.63) is 77.0 Å². The number of para-hydroxylation sites is 1. The second kappa shape index (κ2) is 7.62. The third-order valence-electron chi connectivity index (χ3n) is 5.55. The molecule has 0 saturated heterocycles. The zero-order chi connectivity index (χ0) is 20.5. The molecule has 0 unspecified atom stereocenters. The molecule has 1 aliphatic carbocycles. The SMILES string of the molecule is O=C(Cn1nc2ccccn2c1=O)Nc1cc(C2CCCC2)nn1-c1ccccc1. The Hall–Kier alpha value is -3.68. The zero-order valence-electron chi connectivity index (χ0n) is 16.4. The standard InChI is InChI=1S/C22H22N6O2/c29-21(15-27-22(30)26-13-7-6-12-19(26)25-27)23-20-14-18(16-8-4-5-9-16)24-28(20)17-10-2-1-3-11-17/h1-3,6-7,10-14,16H,4-5,8-9,15H2,(H,23,29). The summed E-state index contributed by atoms with van der Waals surface area (Å²) in [4.78, 5) is 25.2. The predicted octanol–water partition coefficient (Wildman–Crippen LogP) is 2.98. The number of pyridine rings is 1. The summed E-state index contributed by atoms with van der Waals surface area (Å²) in [6.45, 7) is -0.167. The summed E-state index contributed by atoms with van der Waals surface area (Å²) in [5.74, 6) is 0.701. The molecule has 1 amide bonds. The smallest absolute Gasteiger partial charge is 0.309 e. The lowest BCUT2D eigenvalue weighted by molar-refractivity contribution is -0.117. The number of hydrogen-bond acceptors (Lipinski definition) is 4. The summed E-state index contributed by atoms with van der Waals surface area (Å²) in [5.41, 5.74) is 2.04. The number of aromatic nitrogens is 5. The number of benzene rings is 1. The number of carbonyl (C=O) groups excluding carboxylic acids is 1. The minimum Gasteiger partial charge on any atom is -0.309 e. The lowest BCUT2D eigenvalue weighted by Crippen LogP contribution is -2.28. The van der Waals surface area contributed by atoms with Gasteiger partial charge in [-0.1, -0.05) is 37.1 Å². The van der Waals surface area contributed by atoms with E-state index >= 15 is 0 Å². The van der Waals surface area contributed by atoms with Crippen LogP contribution < -0.4 is 11.0 Å². The highest BCUT2D eigenvalue weighted by Crippen LogP contribution is 2.35. The summed E-state index contributed by atoms with van der Waals surface area (Å²) >= 11 is 0. The van der Waals surface area contributed by atoms with Crippen LogP contribution in [0, 0.1) is 0 Å². The van der Waals surface area contributed by atoms with Crippen molar-refractivity contribution in [3.8, 4) is 5.69 Å². The highest BCUT2D eigenvalue weighted by atomic mass is 16.2. The Morgan fingerprint density at radius 3 is 2.57 bits per heavy atom. The van der Waals surface area contributed by atoms with Gasteiger partial charge < -0.3 is 5.32 Å². The molecule has 1 aromatic carbocycles. The lowest BCUT2D eigenvalue weighted by atomic mass is 10.0. The Kier molecular flexibility index (Phi) is 4.66. The number of carbonyl (C=O) groups is 1. The molecular weight excluding hydrogens is 380 g/mol. The fraction of sp³-hybridized carbons (Fsp3) is 0.273. The van der Waals surface area contributed by atoms with Gasteiger partial charge in [0, 0.05) is 18.2 Å². The van der Waals surface area contributed by atoms with Gasteiger partial charge in [0.15, 0.2) is 5.65 Å². The van der Waals surface area contributed by atoms with Gasteiger partial charge in [0.25, 0.3) is 0 Å². The van der Waals surface area contributed by atoms with E-state index in [2.05, 4.69) is 10.4 Å². The van der Waals surface area contributed by atoms with Crippen LogP contribution in [-0.4, -0.2) is 29.9 Å². The Morgan fingerprint density at radius 2 is 1.80 bits per heavy atom. The minimum atomic E-state index is -0.344. The van der Waals surface area contributed by atoms with Crippen molar-refractivity contribution in [3.63, 3.8) is 0 Å². The molecule has 3 heterocycles. The Bertz CT molecular complexity index is 1250.